The zero-order valence-corrected chi connectivity index (χ0v) is 17.8. The van der Waals surface area contributed by atoms with Crippen molar-refractivity contribution in [2.24, 2.45) is 0 Å². The molecule has 0 aliphatic carbocycles. The second-order valence-electron chi connectivity index (χ2n) is 7.20. The van der Waals surface area contributed by atoms with Crippen LogP contribution in [-0.4, -0.2) is 37.3 Å². The normalized spacial score (nSPS) is 13.1. The highest BCUT2D eigenvalue weighted by atomic mass is 32.2. The van der Waals surface area contributed by atoms with E-state index in [-0.39, 0.29) is 16.8 Å². The Morgan fingerprint density at radius 2 is 1.74 bits per heavy atom. The first kappa shape index (κ1) is 20.7. The van der Waals surface area contributed by atoms with Gasteiger partial charge in [-0.3, -0.25) is 9.52 Å². The van der Waals surface area contributed by atoms with Crippen LogP contribution in [0.4, 0.5) is 11.5 Å². The lowest BCUT2D eigenvalue weighted by Crippen LogP contribution is -2.18. The fourth-order valence-electron chi connectivity index (χ4n) is 3.11. The molecule has 0 saturated carbocycles. The zero-order chi connectivity index (χ0) is 22.0. The van der Waals surface area contributed by atoms with Gasteiger partial charge in [-0.05, 0) is 50.2 Å². The highest BCUT2D eigenvalue weighted by Gasteiger charge is 2.20. The number of sulfonamides is 1. The van der Waals surface area contributed by atoms with Gasteiger partial charge in [0.1, 0.15) is 19.0 Å². The van der Waals surface area contributed by atoms with Crippen LogP contribution in [0.15, 0.2) is 59.6 Å². The molecule has 2 N–H and O–H groups in total. The molecule has 4 rings (SSSR count). The molecule has 9 nitrogen and oxygen atoms in total. The van der Waals surface area contributed by atoms with Crippen molar-refractivity contribution in [2.45, 2.75) is 24.8 Å². The van der Waals surface area contributed by atoms with E-state index < -0.39 is 10.0 Å². The molecule has 0 unspecified atom stereocenters. The number of nitrogens with zero attached hydrogens (tertiary/aromatic N) is 2. The number of carbonyl (C=O) groups is 1. The van der Waals surface area contributed by atoms with Crippen LogP contribution < -0.4 is 19.5 Å². The maximum Gasteiger partial charge on any atom is 0.262 e. The van der Waals surface area contributed by atoms with Crippen molar-refractivity contribution < 1.29 is 22.7 Å². The number of benzene rings is 2. The van der Waals surface area contributed by atoms with Gasteiger partial charge in [-0.2, -0.15) is 5.10 Å². The minimum atomic E-state index is -3.83. The van der Waals surface area contributed by atoms with E-state index in [1.165, 1.54) is 24.3 Å². The second-order valence-corrected chi connectivity index (χ2v) is 8.88. The zero-order valence-electron chi connectivity index (χ0n) is 17.0. The number of carbonyl (C=O) groups excluding carboxylic acids is 1. The predicted molar refractivity (Wildman–Crippen MR) is 115 cm³/mol. The van der Waals surface area contributed by atoms with E-state index >= 15 is 0 Å². The van der Waals surface area contributed by atoms with Crippen LogP contribution in [0.1, 0.15) is 30.2 Å². The standard InChI is InChI=1S/C21H22N4O5S/c1-14(2)25-20(9-10-22-25)23-21(26)15-3-5-16(6-4-15)24-31(27,28)17-7-8-18-19(13-17)30-12-11-29-18/h3-10,13-14,24H,11-12H2,1-2H3,(H,23,26). The monoisotopic (exact) mass is 442 g/mol. The molecule has 0 atom stereocenters. The minimum absolute atomic E-state index is 0.0560. The number of anilines is 2. The first-order valence-corrected chi connectivity index (χ1v) is 11.2. The van der Waals surface area contributed by atoms with Crippen LogP contribution in [0.5, 0.6) is 11.5 Å². The van der Waals surface area contributed by atoms with E-state index in [0.717, 1.165) is 0 Å². The van der Waals surface area contributed by atoms with Crippen LogP contribution in [0.3, 0.4) is 0 Å². The van der Waals surface area contributed by atoms with Crippen molar-refractivity contribution in [3.05, 3.63) is 60.3 Å². The summed E-state index contributed by atoms with van der Waals surface area (Å²) < 4.78 is 40.5. The molecular weight excluding hydrogens is 420 g/mol. The van der Waals surface area contributed by atoms with Crippen molar-refractivity contribution >= 4 is 27.4 Å². The summed E-state index contributed by atoms with van der Waals surface area (Å²) in [7, 11) is -3.83. The predicted octanol–water partition coefficient (Wildman–Crippen LogP) is 3.29. The van der Waals surface area contributed by atoms with Crippen molar-refractivity contribution in [2.75, 3.05) is 23.3 Å². The highest BCUT2D eigenvalue weighted by molar-refractivity contribution is 7.92. The lowest BCUT2D eigenvalue weighted by molar-refractivity contribution is 0.102. The average molecular weight is 442 g/mol. The maximum atomic E-state index is 12.7. The van der Waals surface area contributed by atoms with Gasteiger partial charge in [-0.15, -0.1) is 0 Å². The van der Waals surface area contributed by atoms with Gasteiger partial charge in [-0.25, -0.2) is 13.1 Å². The summed E-state index contributed by atoms with van der Waals surface area (Å²) >= 11 is 0. The van der Waals surface area contributed by atoms with Crippen LogP contribution in [0.2, 0.25) is 0 Å². The molecule has 2 aromatic carbocycles. The van der Waals surface area contributed by atoms with E-state index in [1.807, 2.05) is 13.8 Å². The largest absolute Gasteiger partial charge is 0.486 e. The molecule has 0 saturated heterocycles. The third kappa shape index (κ3) is 4.48. The number of hydrogen-bond donors (Lipinski definition) is 2. The van der Waals surface area contributed by atoms with Crippen LogP contribution in [0.25, 0.3) is 0 Å². The molecule has 0 spiro atoms. The summed E-state index contributed by atoms with van der Waals surface area (Å²) in [5.74, 6) is 1.17. The first-order valence-electron chi connectivity index (χ1n) is 9.71. The Morgan fingerprint density at radius 3 is 2.45 bits per heavy atom. The van der Waals surface area contributed by atoms with Gasteiger partial charge in [0.05, 0.1) is 11.1 Å². The summed E-state index contributed by atoms with van der Waals surface area (Å²) in [6.07, 6.45) is 1.62. The van der Waals surface area contributed by atoms with E-state index in [9.17, 15) is 13.2 Å². The Hall–Kier alpha value is -3.53. The van der Waals surface area contributed by atoms with Gasteiger partial charge >= 0.3 is 0 Å². The smallest absolute Gasteiger partial charge is 0.262 e. The summed E-state index contributed by atoms with van der Waals surface area (Å²) in [4.78, 5) is 12.6. The molecule has 162 valence electrons. The van der Waals surface area contributed by atoms with Gasteiger partial charge in [0.2, 0.25) is 0 Å². The fourth-order valence-corrected chi connectivity index (χ4v) is 4.18. The number of aromatic nitrogens is 2. The van der Waals surface area contributed by atoms with Gasteiger partial charge in [0.15, 0.2) is 11.5 Å². The molecule has 2 heterocycles. The minimum Gasteiger partial charge on any atom is -0.486 e. The molecule has 0 bridgehead atoms. The number of fused-ring (bicyclic) bond motifs is 1. The van der Waals surface area contributed by atoms with Crippen LogP contribution >= 0.6 is 0 Å². The van der Waals surface area contributed by atoms with Gasteiger partial charge < -0.3 is 14.8 Å². The van der Waals surface area contributed by atoms with E-state index in [1.54, 1.807) is 35.1 Å². The van der Waals surface area contributed by atoms with E-state index in [4.69, 9.17) is 9.47 Å². The number of rotatable bonds is 6. The molecule has 10 heteroatoms. The van der Waals surface area contributed by atoms with Crippen molar-refractivity contribution in [1.82, 2.24) is 9.78 Å². The van der Waals surface area contributed by atoms with Gasteiger partial charge in [-0.1, -0.05) is 0 Å². The molecule has 0 fully saturated rings. The summed E-state index contributed by atoms with van der Waals surface area (Å²) in [6.45, 7) is 4.72. The third-order valence-corrected chi connectivity index (χ3v) is 6.00. The number of ether oxygens (including phenoxy) is 2. The summed E-state index contributed by atoms with van der Waals surface area (Å²) in [5.41, 5.74) is 0.720. The van der Waals surface area contributed by atoms with Crippen molar-refractivity contribution in [3.8, 4) is 11.5 Å². The van der Waals surface area contributed by atoms with Crippen LogP contribution in [0, 0.1) is 0 Å². The molecule has 1 amide bonds. The Kier molecular flexibility index (Phi) is 5.55. The molecule has 3 aromatic rings. The molecule has 1 aliphatic heterocycles. The SMILES string of the molecule is CC(C)n1nccc1NC(=O)c1ccc(NS(=O)(=O)c2ccc3c(c2)OCCO3)cc1. The molecule has 1 aromatic heterocycles. The summed E-state index contributed by atoms with van der Waals surface area (Å²) in [5, 5.41) is 6.99. The fraction of sp³-hybridized carbons (Fsp3) is 0.238. The lowest BCUT2D eigenvalue weighted by Gasteiger charge is -2.19. The molecule has 1 aliphatic rings. The number of amides is 1. The Labute approximate surface area is 180 Å². The lowest BCUT2D eigenvalue weighted by atomic mass is 10.2. The number of hydrogen-bond acceptors (Lipinski definition) is 6. The van der Waals surface area contributed by atoms with Crippen molar-refractivity contribution in [1.29, 1.82) is 0 Å². The average Bonchev–Trinajstić information content (AvgIpc) is 3.22. The second kappa shape index (κ2) is 8.31. The molecule has 31 heavy (non-hydrogen) atoms. The van der Waals surface area contributed by atoms with E-state index in [2.05, 4.69) is 15.1 Å². The Morgan fingerprint density at radius 1 is 1.03 bits per heavy atom. The Balaban J connectivity index is 1.46. The topological polar surface area (TPSA) is 112 Å². The number of nitrogens with one attached hydrogen (secondary N) is 2. The van der Waals surface area contributed by atoms with Crippen molar-refractivity contribution in [3.63, 3.8) is 0 Å². The highest BCUT2D eigenvalue weighted by Crippen LogP contribution is 2.32. The van der Waals surface area contributed by atoms with Gasteiger partial charge in [0.25, 0.3) is 15.9 Å². The maximum absolute atomic E-state index is 12.7. The Bertz CT molecular complexity index is 1200. The molecule has 0 radical (unpaired) electrons. The summed E-state index contributed by atoms with van der Waals surface area (Å²) in [6, 6.07) is 12.4. The quantitative estimate of drug-likeness (QED) is 0.606. The van der Waals surface area contributed by atoms with Crippen LogP contribution in [-0.2, 0) is 10.0 Å². The molecular formula is C21H22N4O5S. The first-order chi connectivity index (χ1) is 14.8. The van der Waals surface area contributed by atoms with E-state index in [0.29, 0.717) is 41.8 Å². The third-order valence-electron chi connectivity index (χ3n) is 4.62. The van der Waals surface area contributed by atoms with Gasteiger partial charge in [0, 0.05) is 29.4 Å².